The third kappa shape index (κ3) is 7.18. The number of aromatic nitrogens is 3. The molecule has 16 heteroatoms. The van der Waals surface area contributed by atoms with Crippen molar-refractivity contribution in [2.45, 2.75) is 24.9 Å². The monoisotopic (exact) mass is 592 g/mol. The lowest BCUT2D eigenvalue weighted by molar-refractivity contribution is -0.153. The third-order valence-corrected chi connectivity index (χ3v) is 5.33. The average Bonchev–Trinajstić information content (AvgIpc) is 3.34. The maximum Gasteiger partial charge on any atom is 0.422 e. The molecule has 0 aliphatic heterocycles. The van der Waals surface area contributed by atoms with Gasteiger partial charge < -0.3 is 14.8 Å². The molecule has 1 N–H and O–H groups in total. The van der Waals surface area contributed by atoms with Gasteiger partial charge in [0.2, 0.25) is 0 Å². The fourth-order valence-electron chi connectivity index (χ4n) is 3.48. The zero-order valence-electron chi connectivity index (χ0n) is 20.3. The van der Waals surface area contributed by atoms with Gasteiger partial charge in [-0.25, -0.2) is 27.1 Å². The van der Waals surface area contributed by atoms with Gasteiger partial charge in [-0.15, -0.1) is 0 Å². The average molecular weight is 592 g/mol. The fraction of sp³-hybridized carbons (Fsp3) is 0.240. The van der Waals surface area contributed by atoms with Crippen LogP contribution >= 0.6 is 0 Å². The van der Waals surface area contributed by atoms with E-state index in [0.717, 1.165) is 35.0 Å². The van der Waals surface area contributed by atoms with Crippen LogP contribution in [0.25, 0.3) is 16.9 Å². The van der Waals surface area contributed by atoms with E-state index in [2.05, 4.69) is 24.9 Å². The molecule has 0 aliphatic carbocycles. The van der Waals surface area contributed by atoms with Gasteiger partial charge in [-0.1, -0.05) is 30.3 Å². The van der Waals surface area contributed by atoms with Crippen LogP contribution in [-0.4, -0.2) is 52.2 Å². The van der Waals surface area contributed by atoms with Crippen molar-refractivity contribution in [3.8, 4) is 22.8 Å². The van der Waals surface area contributed by atoms with E-state index < -0.39 is 61.3 Å². The Labute approximate surface area is 224 Å². The first kappa shape index (κ1) is 29.5. The topological polar surface area (TPSA) is 77.8 Å². The standard InChI is InChI=1S/C25H17F9N4O3/c26-20(27)19-9-18(13-4-2-1-3-5-13)37-21-17(10-35-38(19)21)22(39)36-14-6-15(40-11-24(30,31)23(28)29)8-16(7-14)41-12-25(32,33)34/h1-10,20,23H,11-12H2,(H,36,39). The highest BCUT2D eigenvalue weighted by molar-refractivity contribution is 6.08. The molecule has 218 valence electrons. The smallest absolute Gasteiger partial charge is 0.422 e. The minimum atomic E-state index is -4.80. The summed E-state index contributed by atoms with van der Waals surface area (Å²) < 4.78 is 127. The highest BCUT2D eigenvalue weighted by Crippen LogP contribution is 2.31. The number of carbonyl (C=O) groups excluding carboxylic acids is 1. The van der Waals surface area contributed by atoms with Crippen molar-refractivity contribution in [1.82, 2.24) is 14.6 Å². The molecule has 0 spiro atoms. The van der Waals surface area contributed by atoms with Gasteiger partial charge in [-0.3, -0.25) is 4.79 Å². The number of fused-ring (bicyclic) bond motifs is 1. The van der Waals surface area contributed by atoms with E-state index in [4.69, 9.17) is 0 Å². The zero-order chi connectivity index (χ0) is 29.9. The molecule has 2 aromatic carbocycles. The fourth-order valence-corrected chi connectivity index (χ4v) is 3.48. The predicted octanol–water partition coefficient (Wildman–Crippen LogP) is 6.81. The number of nitrogens with zero attached hydrogens (tertiary/aromatic N) is 3. The molecule has 0 unspecified atom stereocenters. The van der Waals surface area contributed by atoms with Crippen LogP contribution in [0.5, 0.6) is 11.5 Å². The molecule has 0 aliphatic rings. The molecule has 41 heavy (non-hydrogen) atoms. The number of halogens is 9. The predicted molar refractivity (Wildman–Crippen MR) is 126 cm³/mol. The molecule has 0 radical (unpaired) electrons. The molecule has 0 fully saturated rings. The number of hydrogen-bond acceptors (Lipinski definition) is 5. The van der Waals surface area contributed by atoms with Crippen LogP contribution in [0.3, 0.4) is 0 Å². The first-order chi connectivity index (χ1) is 19.2. The Kier molecular flexibility index (Phi) is 8.30. The summed E-state index contributed by atoms with van der Waals surface area (Å²) in [5.41, 5.74) is -1.05. The first-order valence-corrected chi connectivity index (χ1v) is 11.4. The number of nitrogens with one attached hydrogen (secondary N) is 1. The second kappa shape index (κ2) is 11.5. The summed E-state index contributed by atoms with van der Waals surface area (Å²) in [6.07, 6.45) is -11.0. The summed E-state index contributed by atoms with van der Waals surface area (Å²) in [6, 6.07) is 11.7. The van der Waals surface area contributed by atoms with Gasteiger partial charge in [0.15, 0.2) is 18.9 Å². The maximum atomic E-state index is 13.8. The van der Waals surface area contributed by atoms with Gasteiger partial charge in [-0.2, -0.15) is 27.1 Å². The van der Waals surface area contributed by atoms with E-state index in [1.54, 1.807) is 30.3 Å². The molecule has 7 nitrogen and oxygen atoms in total. The molecule has 2 heterocycles. The highest BCUT2D eigenvalue weighted by atomic mass is 19.4. The largest absolute Gasteiger partial charge is 0.487 e. The van der Waals surface area contributed by atoms with Crippen molar-refractivity contribution < 1.29 is 53.8 Å². The molecule has 0 saturated carbocycles. The molecule has 4 rings (SSSR count). The van der Waals surface area contributed by atoms with Crippen molar-refractivity contribution in [2.75, 3.05) is 18.5 Å². The van der Waals surface area contributed by atoms with Crippen LogP contribution < -0.4 is 14.8 Å². The normalized spacial score (nSPS) is 12.3. The van der Waals surface area contributed by atoms with Crippen LogP contribution in [0.1, 0.15) is 22.5 Å². The Morgan fingerprint density at radius 3 is 2.12 bits per heavy atom. The van der Waals surface area contributed by atoms with Crippen LogP contribution in [-0.2, 0) is 0 Å². The number of amides is 1. The maximum absolute atomic E-state index is 13.8. The van der Waals surface area contributed by atoms with Crippen molar-refractivity contribution >= 4 is 17.2 Å². The number of anilines is 1. The van der Waals surface area contributed by atoms with Gasteiger partial charge in [-0.05, 0) is 6.07 Å². The van der Waals surface area contributed by atoms with Crippen LogP contribution in [0, 0.1) is 0 Å². The van der Waals surface area contributed by atoms with Crippen molar-refractivity contribution in [3.05, 3.63) is 72.1 Å². The Morgan fingerprint density at radius 1 is 0.902 bits per heavy atom. The van der Waals surface area contributed by atoms with E-state index in [9.17, 15) is 44.3 Å². The molecular weight excluding hydrogens is 575 g/mol. The highest BCUT2D eigenvalue weighted by Gasteiger charge is 2.41. The Balaban J connectivity index is 1.68. The quantitative estimate of drug-likeness (QED) is 0.205. The SMILES string of the molecule is O=C(Nc1cc(OCC(F)(F)F)cc(OCC(F)(F)C(F)F)c1)c1cnn2c(C(F)F)cc(-c3ccccc3)nc12. The third-order valence-electron chi connectivity index (χ3n) is 5.33. The summed E-state index contributed by atoms with van der Waals surface area (Å²) in [6.45, 7) is -3.65. The summed E-state index contributed by atoms with van der Waals surface area (Å²) >= 11 is 0. The lowest BCUT2D eigenvalue weighted by atomic mass is 10.1. The van der Waals surface area contributed by atoms with Crippen LogP contribution in [0.15, 0.2) is 60.8 Å². The molecule has 2 aromatic heterocycles. The minimum Gasteiger partial charge on any atom is -0.487 e. The van der Waals surface area contributed by atoms with E-state index >= 15 is 0 Å². The summed E-state index contributed by atoms with van der Waals surface area (Å²) in [5, 5.41) is 6.03. The van der Waals surface area contributed by atoms with Crippen molar-refractivity contribution in [3.63, 3.8) is 0 Å². The number of alkyl halides is 9. The molecule has 0 bridgehead atoms. The zero-order valence-corrected chi connectivity index (χ0v) is 20.3. The van der Waals surface area contributed by atoms with Gasteiger partial charge >= 0.3 is 18.5 Å². The van der Waals surface area contributed by atoms with E-state index in [-0.39, 0.29) is 22.6 Å². The lowest BCUT2D eigenvalue weighted by Gasteiger charge is -2.17. The van der Waals surface area contributed by atoms with Crippen molar-refractivity contribution in [1.29, 1.82) is 0 Å². The van der Waals surface area contributed by atoms with Crippen LogP contribution in [0.2, 0.25) is 0 Å². The lowest BCUT2D eigenvalue weighted by Crippen LogP contribution is -2.33. The summed E-state index contributed by atoms with van der Waals surface area (Å²) in [4.78, 5) is 17.3. The summed E-state index contributed by atoms with van der Waals surface area (Å²) in [5.74, 6) is -6.87. The molecule has 1 amide bonds. The minimum absolute atomic E-state index is 0.0844. The van der Waals surface area contributed by atoms with Gasteiger partial charge in [0, 0.05) is 29.4 Å². The Morgan fingerprint density at radius 2 is 1.54 bits per heavy atom. The number of benzene rings is 2. The van der Waals surface area contributed by atoms with E-state index in [0.29, 0.717) is 5.56 Å². The number of carbonyl (C=O) groups is 1. The number of hydrogen-bond donors (Lipinski definition) is 1. The Hall–Kier alpha value is -4.50. The molecular formula is C25H17F9N4O3. The van der Waals surface area contributed by atoms with E-state index in [1.165, 1.54) is 0 Å². The van der Waals surface area contributed by atoms with Gasteiger partial charge in [0.1, 0.15) is 22.8 Å². The molecule has 4 aromatic rings. The Bertz CT molecular complexity index is 1530. The second-order valence-electron chi connectivity index (χ2n) is 8.43. The molecule has 0 saturated heterocycles. The summed E-state index contributed by atoms with van der Waals surface area (Å²) in [7, 11) is 0. The van der Waals surface area contributed by atoms with Crippen molar-refractivity contribution in [2.24, 2.45) is 0 Å². The van der Waals surface area contributed by atoms with E-state index in [1.807, 2.05) is 0 Å². The number of ether oxygens (including phenoxy) is 2. The van der Waals surface area contributed by atoms with Gasteiger partial charge in [0.25, 0.3) is 12.3 Å². The second-order valence-corrected chi connectivity index (χ2v) is 8.43. The number of rotatable bonds is 10. The first-order valence-electron chi connectivity index (χ1n) is 11.4. The van der Waals surface area contributed by atoms with Gasteiger partial charge in [0.05, 0.1) is 11.9 Å². The van der Waals surface area contributed by atoms with Crippen LogP contribution in [0.4, 0.5) is 45.2 Å². The molecule has 0 atom stereocenters.